The lowest BCUT2D eigenvalue weighted by Crippen LogP contribution is -2.14. The number of carbonyl (C=O) groups excluding carboxylic acids is 2. The number of esters is 2. The quantitative estimate of drug-likeness (QED) is 0.369. The molecule has 4 nitrogen and oxygen atoms in total. The summed E-state index contributed by atoms with van der Waals surface area (Å²) in [6, 6.07) is 10.5. The zero-order valence-corrected chi connectivity index (χ0v) is 13.9. The van der Waals surface area contributed by atoms with Crippen LogP contribution in [0.25, 0.3) is 0 Å². The van der Waals surface area contributed by atoms with E-state index in [1.54, 1.807) is 0 Å². The predicted octanol–water partition coefficient (Wildman–Crippen LogP) is 4.68. The highest BCUT2D eigenvalue weighted by atomic mass is 19.1. The Bertz CT molecular complexity index is 924. The van der Waals surface area contributed by atoms with Gasteiger partial charge in [-0.1, -0.05) is 12.1 Å². The maximum Gasteiger partial charge on any atom is 0.349 e. The zero-order chi connectivity index (χ0) is 20.3. The first-order valence-electron chi connectivity index (χ1n) is 7.79. The summed E-state index contributed by atoms with van der Waals surface area (Å²) < 4.78 is 64.0. The molecule has 0 saturated heterocycles. The molecule has 142 valence electrons. The van der Waals surface area contributed by atoms with Crippen LogP contribution in [0.2, 0.25) is 0 Å². The number of ether oxygens (including phenoxy) is 2. The van der Waals surface area contributed by atoms with Crippen LogP contribution in [0.5, 0.6) is 11.5 Å². The lowest BCUT2D eigenvalue weighted by atomic mass is 10.2. The number of carbonyl (C=O) groups is 2. The largest absolute Gasteiger partial charge is 0.423 e. The highest BCUT2D eigenvalue weighted by Gasteiger charge is 2.21. The van der Waals surface area contributed by atoms with Crippen molar-refractivity contribution in [1.82, 2.24) is 0 Å². The Balaban J connectivity index is 1.72. The summed E-state index contributed by atoms with van der Waals surface area (Å²) >= 11 is 0. The van der Waals surface area contributed by atoms with Crippen LogP contribution in [0.3, 0.4) is 0 Å². The van der Waals surface area contributed by atoms with Crippen LogP contribution in [0.4, 0.5) is 17.6 Å². The van der Waals surface area contributed by atoms with Gasteiger partial charge in [-0.2, -0.15) is 0 Å². The van der Waals surface area contributed by atoms with E-state index in [-0.39, 0.29) is 11.5 Å². The molecule has 3 aromatic carbocycles. The Morgan fingerprint density at radius 1 is 0.536 bits per heavy atom. The van der Waals surface area contributed by atoms with Crippen molar-refractivity contribution >= 4 is 11.9 Å². The van der Waals surface area contributed by atoms with Gasteiger partial charge >= 0.3 is 11.9 Å². The zero-order valence-electron chi connectivity index (χ0n) is 13.9. The standard InChI is InChI=1S/C20H10F4O4/c21-13-3-1-4-14(22)17(13)19(25)27-11-7-9-12(10-8-11)28-20(26)18-15(23)5-2-6-16(18)24/h1-10H. The Kier molecular flexibility index (Phi) is 5.39. The molecule has 0 aliphatic carbocycles. The molecular weight excluding hydrogens is 380 g/mol. The van der Waals surface area contributed by atoms with Crippen molar-refractivity contribution in [3.05, 3.63) is 95.1 Å². The first-order chi connectivity index (χ1) is 13.4. The van der Waals surface area contributed by atoms with Gasteiger partial charge in [0, 0.05) is 0 Å². The van der Waals surface area contributed by atoms with Gasteiger partial charge in [0.2, 0.25) is 0 Å². The molecule has 0 atom stereocenters. The van der Waals surface area contributed by atoms with Crippen LogP contribution >= 0.6 is 0 Å². The van der Waals surface area contributed by atoms with Crippen molar-refractivity contribution < 1.29 is 36.6 Å². The molecule has 0 unspecified atom stereocenters. The minimum absolute atomic E-state index is 0.0930. The summed E-state index contributed by atoms with van der Waals surface area (Å²) in [4.78, 5) is 23.8. The number of halogens is 4. The van der Waals surface area contributed by atoms with E-state index in [1.165, 1.54) is 24.3 Å². The lowest BCUT2D eigenvalue weighted by molar-refractivity contribution is 0.0708. The first-order valence-corrected chi connectivity index (χ1v) is 7.79. The first kappa shape index (κ1) is 19.1. The van der Waals surface area contributed by atoms with Gasteiger partial charge in [0.25, 0.3) is 0 Å². The molecule has 0 radical (unpaired) electrons. The van der Waals surface area contributed by atoms with E-state index in [2.05, 4.69) is 0 Å². The van der Waals surface area contributed by atoms with Gasteiger partial charge in [-0.3, -0.25) is 0 Å². The van der Waals surface area contributed by atoms with E-state index in [1.807, 2.05) is 0 Å². The summed E-state index contributed by atoms with van der Waals surface area (Å²) in [6.07, 6.45) is 0. The Morgan fingerprint density at radius 2 is 0.821 bits per heavy atom. The van der Waals surface area contributed by atoms with Crippen molar-refractivity contribution in [3.8, 4) is 11.5 Å². The summed E-state index contributed by atoms with van der Waals surface area (Å²) in [5.74, 6) is -7.02. The molecule has 3 aromatic rings. The van der Waals surface area contributed by atoms with Crippen molar-refractivity contribution in [2.45, 2.75) is 0 Å². The molecule has 0 spiro atoms. The Labute approximate surface area is 155 Å². The van der Waals surface area contributed by atoms with Crippen LogP contribution in [0.15, 0.2) is 60.7 Å². The normalized spacial score (nSPS) is 10.4. The lowest BCUT2D eigenvalue weighted by Gasteiger charge is -2.08. The highest BCUT2D eigenvalue weighted by Crippen LogP contribution is 2.22. The second-order valence-corrected chi connectivity index (χ2v) is 5.44. The van der Waals surface area contributed by atoms with E-state index in [0.717, 1.165) is 36.4 Å². The van der Waals surface area contributed by atoms with Gasteiger partial charge in [-0.15, -0.1) is 0 Å². The van der Waals surface area contributed by atoms with E-state index in [0.29, 0.717) is 0 Å². The third kappa shape index (κ3) is 4.01. The molecule has 8 heteroatoms. The minimum Gasteiger partial charge on any atom is -0.423 e. The van der Waals surface area contributed by atoms with Gasteiger partial charge in [0.05, 0.1) is 0 Å². The maximum atomic E-state index is 13.6. The van der Waals surface area contributed by atoms with E-state index in [9.17, 15) is 27.2 Å². The average molecular weight is 390 g/mol. The van der Waals surface area contributed by atoms with E-state index >= 15 is 0 Å². The fraction of sp³-hybridized carbons (Fsp3) is 0. The van der Waals surface area contributed by atoms with Crippen LogP contribution in [0, 0.1) is 23.3 Å². The molecule has 0 amide bonds. The molecule has 0 aliphatic rings. The molecule has 0 heterocycles. The van der Waals surface area contributed by atoms with Gasteiger partial charge in [-0.05, 0) is 48.5 Å². The summed E-state index contributed by atoms with van der Waals surface area (Å²) in [6.45, 7) is 0. The summed E-state index contributed by atoms with van der Waals surface area (Å²) in [5, 5.41) is 0. The maximum absolute atomic E-state index is 13.6. The Morgan fingerprint density at radius 3 is 1.11 bits per heavy atom. The topological polar surface area (TPSA) is 52.6 Å². The van der Waals surface area contributed by atoms with Gasteiger partial charge < -0.3 is 9.47 Å². The molecule has 0 N–H and O–H groups in total. The third-order valence-corrected chi connectivity index (χ3v) is 3.58. The smallest absolute Gasteiger partial charge is 0.349 e. The summed E-state index contributed by atoms with van der Waals surface area (Å²) in [7, 11) is 0. The Hall–Kier alpha value is -3.68. The third-order valence-electron chi connectivity index (χ3n) is 3.58. The van der Waals surface area contributed by atoms with Crippen molar-refractivity contribution in [2.24, 2.45) is 0 Å². The number of hydrogen-bond donors (Lipinski definition) is 0. The van der Waals surface area contributed by atoms with Crippen molar-refractivity contribution in [2.75, 3.05) is 0 Å². The number of rotatable bonds is 4. The molecule has 3 rings (SSSR count). The fourth-order valence-corrected chi connectivity index (χ4v) is 2.28. The average Bonchev–Trinajstić information content (AvgIpc) is 2.63. The molecule has 28 heavy (non-hydrogen) atoms. The minimum atomic E-state index is -1.26. The van der Waals surface area contributed by atoms with Crippen LogP contribution < -0.4 is 9.47 Å². The second kappa shape index (κ2) is 7.91. The molecule has 0 fully saturated rings. The highest BCUT2D eigenvalue weighted by molar-refractivity contribution is 5.92. The SMILES string of the molecule is O=C(Oc1ccc(OC(=O)c2c(F)cccc2F)cc1)c1c(F)cccc1F. The van der Waals surface area contributed by atoms with Crippen LogP contribution in [-0.4, -0.2) is 11.9 Å². The van der Waals surface area contributed by atoms with Crippen molar-refractivity contribution in [3.63, 3.8) is 0 Å². The van der Waals surface area contributed by atoms with Gasteiger partial charge in [-0.25, -0.2) is 27.2 Å². The monoisotopic (exact) mass is 390 g/mol. The number of benzene rings is 3. The van der Waals surface area contributed by atoms with E-state index in [4.69, 9.17) is 9.47 Å². The van der Waals surface area contributed by atoms with E-state index < -0.39 is 46.3 Å². The molecule has 0 bridgehead atoms. The molecule has 0 aliphatic heterocycles. The second-order valence-electron chi connectivity index (χ2n) is 5.44. The summed E-state index contributed by atoms with van der Waals surface area (Å²) in [5.41, 5.74) is -1.71. The van der Waals surface area contributed by atoms with Crippen LogP contribution in [0.1, 0.15) is 20.7 Å². The van der Waals surface area contributed by atoms with Gasteiger partial charge in [0.15, 0.2) is 0 Å². The van der Waals surface area contributed by atoms with Crippen molar-refractivity contribution in [1.29, 1.82) is 0 Å². The molecule has 0 aromatic heterocycles. The fourth-order valence-electron chi connectivity index (χ4n) is 2.28. The molecular formula is C20H10F4O4. The number of hydrogen-bond acceptors (Lipinski definition) is 4. The molecule has 0 saturated carbocycles. The van der Waals surface area contributed by atoms with Crippen LogP contribution in [-0.2, 0) is 0 Å². The van der Waals surface area contributed by atoms with Gasteiger partial charge in [0.1, 0.15) is 45.9 Å². The predicted molar refractivity (Wildman–Crippen MR) is 89.1 cm³/mol.